The summed E-state index contributed by atoms with van der Waals surface area (Å²) in [5, 5.41) is 8.17. The van der Waals surface area contributed by atoms with Gasteiger partial charge in [0.2, 0.25) is 0 Å². The zero-order chi connectivity index (χ0) is 20.1. The summed E-state index contributed by atoms with van der Waals surface area (Å²) in [5.41, 5.74) is 1.76. The number of furan rings is 1. The van der Waals surface area contributed by atoms with Crippen molar-refractivity contribution >= 4 is 17.5 Å². The van der Waals surface area contributed by atoms with Gasteiger partial charge in [-0.2, -0.15) is 5.10 Å². The molecule has 3 aromatic rings. The Morgan fingerprint density at radius 3 is 2.83 bits per heavy atom. The van der Waals surface area contributed by atoms with Gasteiger partial charge in [-0.1, -0.05) is 17.7 Å². The molecule has 0 radical (unpaired) electrons. The Morgan fingerprint density at radius 1 is 1.21 bits per heavy atom. The number of nitrogens with one attached hydrogen (secondary N) is 2. The highest BCUT2D eigenvalue weighted by Crippen LogP contribution is 2.23. The fraction of sp³-hybridized carbons (Fsp3) is 0.333. The lowest BCUT2D eigenvalue weighted by Crippen LogP contribution is -3.14. The van der Waals surface area contributed by atoms with Crippen LogP contribution >= 0.6 is 11.6 Å². The zero-order valence-electron chi connectivity index (χ0n) is 16.1. The van der Waals surface area contributed by atoms with Gasteiger partial charge in [-0.15, -0.1) is 0 Å². The number of rotatable bonds is 7. The van der Waals surface area contributed by atoms with Crippen LogP contribution in [0.2, 0.25) is 5.02 Å². The molecule has 8 heteroatoms. The Labute approximate surface area is 174 Å². The quantitative estimate of drug-likeness (QED) is 0.577. The largest absolute Gasteiger partial charge is 0.463 e. The van der Waals surface area contributed by atoms with Gasteiger partial charge in [0.15, 0.2) is 5.76 Å². The second-order valence-electron chi connectivity index (χ2n) is 7.01. The van der Waals surface area contributed by atoms with E-state index in [4.69, 9.17) is 20.8 Å². The van der Waals surface area contributed by atoms with Crippen LogP contribution < -0.4 is 10.2 Å². The first-order valence-corrected chi connectivity index (χ1v) is 10.2. The van der Waals surface area contributed by atoms with E-state index in [1.54, 1.807) is 35.2 Å². The molecule has 1 saturated heterocycles. The van der Waals surface area contributed by atoms with E-state index in [0.29, 0.717) is 28.7 Å². The average Bonchev–Trinajstić information content (AvgIpc) is 3.41. The highest BCUT2D eigenvalue weighted by molar-refractivity contribution is 6.30. The fourth-order valence-corrected chi connectivity index (χ4v) is 3.62. The van der Waals surface area contributed by atoms with Crippen LogP contribution in [0.4, 0.5) is 0 Å². The minimum Gasteiger partial charge on any atom is -0.463 e. The summed E-state index contributed by atoms with van der Waals surface area (Å²) in [6.07, 6.45) is 2.50. The first-order chi connectivity index (χ1) is 14.2. The number of nitrogens with zero attached hydrogens (tertiary/aromatic N) is 2. The number of benzene rings is 1. The van der Waals surface area contributed by atoms with Gasteiger partial charge in [-0.25, -0.2) is 4.68 Å². The molecule has 0 spiro atoms. The Kier molecular flexibility index (Phi) is 6.29. The molecule has 4 rings (SSSR count). The van der Waals surface area contributed by atoms with Crippen LogP contribution in [-0.2, 0) is 4.74 Å². The molecule has 1 aliphatic heterocycles. The first-order valence-electron chi connectivity index (χ1n) is 9.80. The SMILES string of the molecule is O=C(NCCC[NH+]1CCOCC1)c1cc(-c2ccco2)nn1-c1cccc(Cl)c1. The molecule has 7 nitrogen and oxygen atoms in total. The number of amides is 1. The molecule has 0 unspecified atom stereocenters. The van der Waals surface area contributed by atoms with E-state index in [-0.39, 0.29) is 5.91 Å². The molecule has 1 aliphatic rings. The van der Waals surface area contributed by atoms with Crippen molar-refractivity contribution in [3.8, 4) is 17.1 Å². The van der Waals surface area contributed by atoms with E-state index in [9.17, 15) is 4.79 Å². The lowest BCUT2D eigenvalue weighted by molar-refractivity contribution is -0.908. The average molecular weight is 416 g/mol. The molecule has 0 saturated carbocycles. The third-order valence-corrected chi connectivity index (χ3v) is 5.20. The number of carbonyl (C=O) groups is 1. The normalized spacial score (nSPS) is 14.8. The van der Waals surface area contributed by atoms with Gasteiger partial charge in [0.1, 0.15) is 24.5 Å². The molecule has 3 heterocycles. The summed E-state index contributed by atoms with van der Waals surface area (Å²) in [6, 6.07) is 12.6. The predicted molar refractivity (Wildman–Crippen MR) is 110 cm³/mol. The van der Waals surface area contributed by atoms with Crippen LogP contribution in [0.3, 0.4) is 0 Å². The Morgan fingerprint density at radius 2 is 2.07 bits per heavy atom. The molecule has 1 aromatic carbocycles. The third kappa shape index (κ3) is 4.87. The number of hydrogen-bond donors (Lipinski definition) is 2. The molecule has 152 valence electrons. The molecule has 2 N–H and O–H groups in total. The van der Waals surface area contributed by atoms with Gasteiger partial charge >= 0.3 is 0 Å². The van der Waals surface area contributed by atoms with Crippen molar-refractivity contribution in [2.75, 3.05) is 39.4 Å². The molecule has 0 aliphatic carbocycles. The van der Waals surface area contributed by atoms with E-state index >= 15 is 0 Å². The van der Waals surface area contributed by atoms with Crippen molar-refractivity contribution in [3.63, 3.8) is 0 Å². The number of quaternary nitrogens is 1. The number of hydrogen-bond acceptors (Lipinski definition) is 4. The van der Waals surface area contributed by atoms with Crippen molar-refractivity contribution in [1.82, 2.24) is 15.1 Å². The standard InChI is InChI=1S/C21H23ClN4O3/c22-16-4-1-5-17(14-16)26-19(15-18(24-26)20-6-2-11-29-20)21(27)23-7-3-8-25-9-12-28-13-10-25/h1-2,4-6,11,14-15H,3,7-10,12-13H2,(H,23,27)/p+1. The second kappa shape index (κ2) is 9.26. The Bertz CT molecular complexity index is 949. The number of halogens is 1. The summed E-state index contributed by atoms with van der Waals surface area (Å²) < 4.78 is 12.4. The summed E-state index contributed by atoms with van der Waals surface area (Å²) >= 11 is 6.14. The van der Waals surface area contributed by atoms with Gasteiger partial charge in [0.25, 0.3) is 5.91 Å². The van der Waals surface area contributed by atoms with E-state index in [1.165, 1.54) is 4.90 Å². The summed E-state index contributed by atoms with van der Waals surface area (Å²) in [7, 11) is 0. The Hall–Kier alpha value is -2.61. The third-order valence-electron chi connectivity index (χ3n) is 4.96. The van der Waals surface area contributed by atoms with E-state index in [0.717, 1.165) is 45.0 Å². The van der Waals surface area contributed by atoms with Crippen molar-refractivity contribution in [2.45, 2.75) is 6.42 Å². The lowest BCUT2D eigenvalue weighted by Gasteiger charge is -2.23. The summed E-state index contributed by atoms with van der Waals surface area (Å²) in [6.45, 7) is 5.32. The van der Waals surface area contributed by atoms with Crippen molar-refractivity contribution in [2.24, 2.45) is 0 Å². The monoisotopic (exact) mass is 415 g/mol. The van der Waals surface area contributed by atoms with Gasteiger partial charge in [0.05, 0.1) is 31.7 Å². The van der Waals surface area contributed by atoms with E-state index in [2.05, 4.69) is 10.4 Å². The predicted octanol–water partition coefficient (Wildman–Crippen LogP) is 1.82. The molecule has 0 bridgehead atoms. The maximum atomic E-state index is 12.9. The van der Waals surface area contributed by atoms with Crippen LogP contribution in [-0.4, -0.2) is 55.1 Å². The van der Waals surface area contributed by atoms with Gasteiger partial charge in [-0.3, -0.25) is 4.79 Å². The fourth-order valence-electron chi connectivity index (χ4n) is 3.43. The van der Waals surface area contributed by atoms with E-state index < -0.39 is 0 Å². The summed E-state index contributed by atoms with van der Waals surface area (Å²) in [5.74, 6) is 0.433. The van der Waals surface area contributed by atoms with Crippen molar-refractivity contribution in [1.29, 1.82) is 0 Å². The highest BCUT2D eigenvalue weighted by atomic mass is 35.5. The van der Waals surface area contributed by atoms with Crippen molar-refractivity contribution < 1.29 is 18.8 Å². The Balaban J connectivity index is 1.48. The molecular formula is C21H24ClN4O3+. The number of ether oxygens (including phenoxy) is 1. The highest BCUT2D eigenvalue weighted by Gasteiger charge is 2.19. The van der Waals surface area contributed by atoms with Crippen molar-refractivity contribution in [3.05, 3.63) is 59.4 Å². The van der Waals surface area contributed by atoms with Gasteiger partial charge in [-0.05, 0) is 30.3 Å². The molecular weight excluding hydrogens is 392 g/mol. The zero-order valence-corrected chi connectivity index (χ0v) is 16.8. The molecule has 0 atom stereocenters. The first kappa shape index (κ1) is 19.7. The smallest absolute Gasteiger partial charge is 0.270 e. The molecule has 2 aromatic heterocycles. The molecule has 29 heavy (non-hydrogen) atoms. The van der Waals surface area contributed by atoms with Crippen LogP contribution in [0.15, 0.2) is 53.1 Å². The second-order valence-corrected chi connectivity index (χ2v) is 7.44. The topological polar surface area (TPSA) is 73.7 Å². The number of morpholine rings is 1. The van der Waals surface area contributed by atoms with Gasteiger partial charge in [0, 0.05) is 24.1 Å². The number of aromatic nitrogens is 2. The maximum absolute atomic E-state index is 12.9. The number of carbonyl (C=O) groups excluding carboxylic acids is 1. The minimum atomic E-state index is -0.174. The van der Waals surface area contributed by atoms with Crippen LogP contribution in [0, 0.1) is 0 Å². The summed E-state index contributed by atoms with van der Waals surface area (Å²) in [4.78, 5) is 14.4. The maximum Gasteiger partial charge on any atom is 0.270 e. The van der Waals surface area contributed by atoms with Crippen LogP contribution in [0.5, 0.6) is 0 Å². The molecule has 1 amide bonds. The van der Waals surface area contributed by atoms with E-state index in [1.807, 2.05) is 18.2 Å². The minimum absolute atomic E-state index is 0.174. The lowest BCUT2D eigenvalue weighted by atomic mass is 10.2. The molecule has 1 fully saturated rings. The van der Waals surface area contributed by atoms with Crippen LogP contribution in [0.1, 0.15) is 16.9 Å². The van der Waals surface area contributed by atoms with Gasteiger partial charge < -0.3 is 19.4 Å². The van der Waals surface area contributed by atoms with Crippen LogP contribution in [0.25, 0.3) is 17.1 Å².